The van der Waals surface area contributed by atoms with Gasteiger partial charge in [-0.1, -0.05) is 0 Å². The molecule has 82 valence electrons. The zero-order valence-electron chi connectivity index (χ0n) is 9.55. The van der Waals surface area contributed by atoms with Crippen molar-refractivity contribution in [2.75, 3.05) is 19.0 Å². The van der Waals surface area contributed by atoms with Crippen LogP contribution in [0.2, 0.25) is 0 Å². The number of rotatable bonds is 3. The van der Waals surface area contributed by atoms with E-state index in [9.17, 15) is 0 Å². The second-order valence-electron chi connectivity index (χ2n) is 3.80. The van der Waals surface area contributed by atoms with Gasteiger partial charge in [0.2, 0.25) is 0 Å². The van der Waals surface area contributed by atoms with Gasteiger partial charge in [-0.25, -0.2) is 0 Å². The fourth-order valence-electron chi connectivity index (χ4n) is 1.44. The molecule has 0 atom stereocenters. The summed E-state index contributed by atoms with van der Waals surface area (Å²) < 4.78 is 2.98. The van der Waals surface area contributed by atoms with Gasteiger partial charge in [-0.15, -0.1) is 0 Å². The minimum atomic E-state index is -0.210. The van der Waals surface area contributed by atoms with Crippen LogP contribution in [0.25, 0.3) is 0 Å². The normalized spacial score (nSPS) is 10.1. The summed E-state index contributed by atoms with van der Waals surface area (Å²) in [6.45, 7) is 0. The molecule has 0 aromatic heterocycles. The summed E-state index contributed by atoms with van der Waals surface area (Å²) >= 11 is -0.210. The Balaban J connectivity index is 2.11. The second kappa shape index (κ2) is 5.39. The van der Waals surface area contributed by atoms with Crippen molar-refractivity contribution in [2.45, 2.75) is 0 Å². The summed E-state index contributed by atoms with van der Waals surface area (Å²) in [5.74, 6) is 0. The van der Waals surface area contributed by atoms with Gasteiger partial charge in [0.1, 0.15) is 0 Å². The molecule has 0 unspecified atom stereocenters. The Bertz CT molecular complexity index is 434. The van der Waals surface area contributed by atoms with Crippen LogP contribution in [0.15, 0.2) is 54.6 Å². The third kappa shape index (κ3) is 3.01. The Morgan fingerprint density at radius 3 is 1.88 bits per heavy atom. The second-order valence-corrected chi connectivity index (χ2v) is 7.08. The summed E-state index contributed by atoms with van der Waals surface area (Å²) in [6, 6.07) is 19.7. The molecule has 0 aliphatic carbocycles. The van der Waals surface area contributed by atoms with E-state index in [-0.39, 0.29) is 20.9 Å². The molecule has 1 nitrogen and oxygen atoms in total. The Morgan fingerprint density at radius 2 is 1.31 bits per heavy atom. The summed E-state index contributed by atoms with van der Waals surface area (Å²) in [6.07, 6.45) is 0. The van der Waals surface area contributed by atoms with E-state index in [1.165, 1.54) is 12.9 Å². The first-order valence-electron chi connectivity index (χ1n) is 5.26. The molecule has 2 aromatic rings. The first kappa shape index (κ1) is 11.5. The Hall–Kier alpha value is -0.970. The molecule has 0 spiro atoms. The van der Waals surface area contributed by atoms with Crippen LogP contribution >= 0.6 is 0 Å². The molecule has 2 aromatic carbocycles. The van der Waals surface area contributed by atoms with Gasteiger partial charge in [0.25, 0.3) is 0 Å². The van der Waals surface area contributed by atoms with Crippen molar-refractivity contribution in [1.29, 1.82) is 0 Å². The molecule has 2 heteroatoms. The maximum absolute atomic E-state index is 2.25. The van der Waals surface area contributed by atoms with Gasteiger partial charge >= 0.3 is 107 Å². The van der Waals surface area contributed by atoms with E-state index >= 15 is 0 Å². The molecule has 0 N–H and O–H groups in total. The Kier molecular flexibility index (Phi) is 3.88. The quantitative estimate of drug-likeness (QED) is 0.772. The zero-order valence-corrected chi connectivity index (χ0v) is 11.9. The van der Waals surface area contributed by atoms with E-state index in [4.69, 9.17) is 0 Å². The average Bonchev–Trinajstić information content (AvgIpc) is 2.31. The molecule has 0 aliphatic rings. The predicted octanol–water partition coefficient (Wildman–Crippen LogP) is 1.41. The number of hydrogen-bond donors (Lipinski definition) is 0. The van der Waals surface area contributed by atoms with Crippen molar-refractivity contribution in [2.24, 2.45) is 0 Å². The average molecular weight is 325 g/mol. The molecule has 16 heavy (non-hydrogen) atoms. The van der Waals surface area contributed by atoms with Gasteiger partial charge < -0.3 is 0 Å². The Morgan fingerprint density at radius 1 is 0.750 bits per heavy atom. The van der Waals surface area contributed by atoms with Crippen LogP contribution in [0.3, 0.4) is 0 Å². The van der Waals surface area contributed by atoms with E-state index in [1.54, 1.807) is 0 Å². The molecule has 0 heterocycles. The SMILES string of the molecule is CN(C)c1ccc([Te]c2ccccc2)cc1. The van der Waals surface area contributed by atoms with Gasteiger partial charge in [-0.2, -0.15) is 0 Å². The summed E-state index contributed by atoms with van der Waals surface area (Å²) in [5.41, 5.74) is 1.27. The standard InChI is InChI=1S/C14H15NTe/c1-15(2)12-8-10-14(11-9-12)16-13-6-4-3-5-7-13/h3-11H,1-2H3. The van der Waals surface area contributed by atoms with Crippen LogP contribution in [0, 0.1) is 0 Å². The molecule has 0 saturated heterocycles. The van der Waals surface area contributed by atoms with Crippen molar-refractivity contribution >= 4 is 33.8 Å². The van der Waals surface area contributed by atoms with Crippen LogP contribution in [-0.4, -0.2) is 35.0 Å². The molecule has 0 saturated carbocycles. The third-order valence-corrected chi connectivity index (χ3v) is 5.23. The van der Waals surface area contributed by atoms with E-state index in [1.807, 2.05) is 0 Å². The maximum atomic E-state index is 2.25. The summed E-state index contributed by atoms with van der Waals surface area (Å²) in [5, 5.41) is 0. The number of hydrogen-bond acceptors (Lipinski definition) is 1. The number of nitrogens with zero attached hydrogens (tertiary/aromatic N) is 1. The van der Waals surface area contributed by atoms with Crippen LogP contribution < -0.4 is 12.1 Å². The van der Waals surface area contributed by atoms with Crippen molar-refractivity contribution in [3.63, 3.8) is 0 Å². The van der Waals surface area contributed by atoms with Crippen LogP contribution in [0.5, 0.6) is 0 Å². The van der Waals surface area contributed by atoms with E-state index in [0.717, 1.165) is 0 Å². The molecule has 0 fully saturated rings. The fraction of sp³-hybridized carbons (Fsp3) is 0.143. The molecular formula is C14H15NTe. The number of anilines is 1. The van der Waals surface area contributed by atoms with Crippen LogP contribution in [0.4, 0.5) is 5.69 Å². The first-order valence-corrected chi connectivity index (χ1v) is 7.59. The van der Waals surface area contributed by atoms with Gasteiger partial charge in [-0.3, -0.25) is 0 Å². The molecule has 0 aliphatic heterocycles. The molecule has 2 rings (SSSR count). The Labute approximate surface area is 107 Å². The number of benzene rings is 2. The van der Waals surface area contributed by atoms with Gasteiger partial charge in [0.05, 0.1) is 0 Å². The van der Waals surface area contributed by atoms with Gasteiger partial charge in [0, 0.05) is 0 Å². The molecular weight excluding hydrogens is 310 g/mol. The molecule has 0 radical (unpaired) electrons. The third-order valence-electron chi connectivity index (χ3n) is 2.33. The first-order chi connectivity index (χ1) is 7.75. The zero-order chi connectivity index (χ0) is 11.4. The summed E-state index contributed by atoms with van der Waals surface area (Å²) in [4.78, 5) is 2.13. The monoisotopic (exact) mass is 327 g/mol. The van der Waals surface area contributed by atoms with Crippen molar-refractivity contribution in [1.82, 2.24) is 0 Å². The minimum absolute atomic E-state index is 0.210. The van der Waals surface area contributed by atoms with Gasteiger partial charge in [0.15, 0.2) is 0 Å². The van der Waals surface area contributed by atoms with E-state index in [0.29, 0.717) is 0 Å². The molecule has 0 bridgehead atoms. The van der Waals surface area contributed by atoms with Crippen LogP contribution in [-0.2, 0) is 0 Å². The van der Waals surface area contributed by atoms with E-state index < -0.39 is 0 Å². The topological polar surface area (TPSA) is 3.24 Å². The molecule has 0 amide bonds. The van der Waals surface area contributed by atoms with E-state index in [2.05, 4.69) is 73.6 Å². The van der Waals surface area contributed by atoms with Crippen molar-refractivity contribution in [3.05, 3.63) is 54.6 Å². The predicted molar refractivity (Wildman–Crippen MR) is 72.2 cm³/mol. The van der Waals surface area contributed by atoms with Crippen molar-refractivity contribution < 1.29 is 0 Å². The van der Waals surface area contributed by atoms with Gasteiger partial charge in [-0.05, 0) is 0 Å². The van der Waals surface area contributed by atoms with Crippen LogP contribution in [0.1, 0.15) is 0 Å². The fourth-order valence-corrected chi connectivity index (χ4v) is 3.83. The summed E-state index contributed by atoms with van der Waals surface area (Å²) in [7, 11) is 4.14. The van der Waals surface area contributed by atoms with Crippen molar-refractivity contribution in [3.8, 4) is 0 Å².